The molecule has 3 nitrogen and oxygen atoms in total. The first-order valence-corrected chi connectivity index (χ1v) is 7.12. The van der Waals surface area contributed by atoms with Gasteiger partial charge in [0.05, 0.1) is 11.4 Å². The summed E-state index contributed by atoms with van der Waals surface area (Å²) in [5.41, 5.74) is 3.85. The van der Waals surface area contributed by atoms with Crippen molar-refractivity contribution in [1.29, 1.82) is 0 Å². The molecular weight excluding hydrogens is 270 g/mol. The lowest BCUT2D eigenvalue weighted by molar-refractivity contribution is 1.20. The average Bonchev–Trinajstić information content (AvgIpc) is 2.62. The molecule has 0 radical (unpaired) electrons. The monoisotopic (exact) mass is 283 g/mol. The van der Waals surface area contributed by atoms with E-state index >= 15 is 0 Å². The highest BCUT2D eigenvalue weighted by Crippen LogP contribution is 2.29. The fraction of sp³-hybridized carbons (Fsp3) is 0. The van der Waals surface area contributed by atoms with Crippen LogP contribution in [0.5, 0.6) is 0 Å². The van der Waals surface area contributed by atoms with Gasteiger partial charge in [0.15, 0.2) is 0 Å². The van der Waals surface area contributed by atoms with Gasteiger partial charge in [-0.25, -0.2) is 0 Å². The average molecular weight is 283 g/mol. The number of nitrogens with zero attached hydrogens (tertiary/aromatic N) is 3. The second-order valence-electron chi connectivity index (χ2n) is 5.05. The SMILES string of the molecule is c1ccc2cc(-c3nccnc3-c3ccncc3)ccc2c1. The van der Waals surface area contributed by atoms with Gasteiger partial charge in [-0.1, -0.05) is 36.4 Å². The Kier molecular flexibility index (Phi) is 3.09. The van der Waals surface area contributed by atoms with Crippen LogP contribution in [0.15, 0.2) is 79.4 Å². The largest absolute Gasteiger partial charge is 0.265 e. The van der Waals surface area contributed by atoms with Gasteiger partial charge >= 0.3 is 0 Å². The third-order valence-electron chi connectivity index (χ3n) is 3.67. The zero-order valence-electron chi connectivity index (χ0n) is 11.8. The molecule has 3 heteroatoms. The molecule has 104 valence electrons. The van der Waals surface area contributed by atoms with Crippen molar-refractivity contribution in [3.63, 3.8) is 0 Å². The number of rotatable bonds is 2. The molecule has 0 spiro atoms. The fourth-order valence-corrected chi connectivity index (χ4v) is 2.61. The lowest BCUT2D eigenvalue weighted by Gasteiger charge is -2.08. The summed E-state index contributed by atoms with van der Waals surface area (Å²) in [6.07, 6.45) is 7.00. The van der Waals surface area contributed by atoms with Crippen LogP contribution in [0.4, 0.5) is 0 Å². The number of fused-ring (bicyclic) bond motifs is 1. The van der Waals surface area contributed by atoms with Gasteiger partial charge in [-0.2, -0.15) is 0 Å². The first-order valence-electron chi connectivity index (χ1n) is 7.12. The predicted octanol–water partition coefficient (Wildman–Crippen LogP) is 4.36. The molecule has 2 aromatic carbocycles. The molecule has 0 atom stereocenters. The fourth-order valence-electron chi connectivity index (χ4n) is 2.61. The predicted molar refractivity (Wildman–Crippen MR) is 88.2 cm³/mol. The van der Waals surface area contributed by atoms with E-state index in [1.807, 2.05) is 24.3 Å². The Balaban J connectivity index is 1.92. The molecule has 0 aliphatic heterocycles. The van der Waals surface area contributed by atoms with Crippen molar-refractivity contribution in [3.05, 3.63) is 79.4 Å². The summed E-state index contributed by atoms with van der Waals surface area (Å²) >= 11 is 0. The van der Waals surface area contributed by atoms with E-state index in [0.29, 0.717) is 0 Å². The van der Waals surface area contributed by atoms with E-state index in [-0.39, 0.29) is 0 Å². The molecule has 2 aromatic heterocycles. The Labute approximate surface area is 128 Å². The summed E-state index contributed by atoms with van der Waals surface area (Å²) in [6.45, 7) is 0. The summed E-state index contributed by atoms with van der Waals surface area (Å²) in [4.78, 5) is 13.1. The third kappa shape index (κ3) is 2.23. The maximum atomic E-state index is 4.55. The number of hydrogen-bond donors (Lipinski definition) is 0. The molecular formula is C19H13N3. The Morgan fingerprint density at radius 3 is 2.00 bits per heavy atom. The van der Waals surface area contributed by atoms with Gasteiger partial charge < -0.3 is 0 Å². The summed E-state index contributed by atoms with van der Waals surface area (Å²) in [6, 6.07) is 18.6. The van der Waals surface area contributed by atoms with E-state index in [1.54, 1.807) is 24.8 Å². The summed E-state index contributed by atoms with van der Waals surface area (Å²) < 4.78 is 0. The van der Waals surface area contributed by atoms with E-state index in [9.17, 15) is 0 Å². The molecule has 4 aromatic rings. The second kappa shape index (κ2) is 5.37. The van der Waals surface area contributed by atoms with Gasteiger partial charge in [0.2, 0.25) is 0 Å². The summed E-state index contributed by atoms with van der Waals surface area (Å²) in [5, 5.41) is 2.42. The van der Waals surface area contributed by atoms with Gasteiger partial charge in [-0.3, -0.25) is 15.0 Å². The van der Waals surface area contributed by atoms with Crippen LogP contribution >= 0.6 is 0 Å². The maximum absolute atomic E-state index is 4.55. The first kappa shape index (κ1) is 12.7. The van der Waals surface area contributed by atoms with E-state index in [0.717, 1.165) is 22.5 Å². The standard InChI is InChI=1S/C19H13N3/c1-2-4-16-13-17(6-5-14(16)3-1)19-18(21-11-12-22-19)15-7-9-20-10-8-15/h1-13H. The zero-order valence-corrected chi connectivity index (χ0v) is 11.8. The van der Waals surface area contributed by atoms with Crippen LogP contribution in [0.3, 0.4) is 0 Å². The van der Waals surface area contributed by atoms with Crippen molar-refractivity contribution in [2.75, 3.05) is 0 Å². The van der Waals surface area contributed by atoms with Crippen molar-refractivity contribution in [2.24, 2.45) is 0 Å². The van der Waals surface area contributed by atoms with Crippen LogP contribution < -0.4 is 0 Å². The van der Waals surface area contributed by atoms with Crippen molar-refractivity contribution in [1.82, 2.24) is 15.0 Å². The Bertz CT molecular complexity index is 933. The van der Waals surface area contributed by atoms with Gasteiger partial charge in [0.25, 0.3) is 0 Å². The van der Waals surface area contributed by atoms with Crippen LogP contribution in [-0.2, 0) is 0 Å². The van der Waals surface area contributed by atoms with E-state index in [2.05, 4.69) is 45.3 Å². The Morgan fingerprint density at radius 1 is 0.545 bits per heavy atom. The summed E-state index contributed by atoms with van der Waals surface area (Å²) in [7, 11) is 0. The minimum atomic E-state index is 0.875. The van der Waals surface area contributed by atoms with Crippen LogP contribution in [0.2, 0.25) is 0 Å². The van der Waals surface area contributed by atoms with E-state index in [1.165, 1.54) is 10.8 Å². The normalized spacial score (nSPS) is 10.7. The molecule has 0 amide bonds. The number of hydrogen-bond acceptors (Lipinski definition) is 3. The van der Waals surface area contributed by atoms with Crippen LogP contribution in [0, 0.1) is 0 Å². The molecule has 4 rings (SSSR count). The minimum Gasteiger partial charge on any atom is -0.265 e. The molecule has 22 heavy (non-hydrogen) atoms. The van der Waals surface area contributed by atoms with Crippen molar-refractivity contribution >= 4 is 10.8 Å². The highest BCUT2D eigenvalue weighted by atomic mass is 14.8. The zero-order chi connectivity index (χ0) is 14.8. The molecule has 0 bridgehead atoms. The molecule has 0 saturated heterocycles. The van der Waals surface area contributed by atoms with E-state index < -0.39 is 0 Å². The maximum Gasteiger partial charge on any atom is 0.0966 e. The smallest absolute Gasteiger partial charge is 0.0966 e. The highest BCUT2D eigenvalue weighted by Gasteiger charge is 2.10. The molecule has 2 heterocycles. The second-order valence-corrected chi connectivity index (χ2v) is 5.05. The molecule has 0 saturated carbocycles. The van der Waals surface area contributed by atoms with Crippen molar-refractivity contribution in [3.8, 4) is 22.5 Å². The van der Waals surface area contributed by atoms with E-state index in [4.69, 9.17) is 0 Å². The van der Waals surface area contributed by atoms with Gasteiger partial charge in [-0.15, -0.1) is 0 Å². The molecule has 0 aliphatic carbocycles. The topological polar surface area (TPSA) is 38.7 Å². The molecule has 0 aliphatic rings. The Hall–Kier alpha value is -3.07. The van der Waals surface area contributed by atoms with Gasteiger partial charge in [-0.05, 0) is 29.0 Å². The quantitative estimate of drug-likeness (QED) is 0.548. The van der Waals surface area contributed by atoms with Crippen LogP contribution in [0.1, 0.15) is 0 Å². The molecule has 0 N–H and O–H groups in total. The Morgan fingerprint density at radius 2 is 1.23 bits per heavy atom. The lowest BCUT2D eigenvalue weighted by Crippen LogP contribution is -1.92. The van der Waals surface area contributed by atoms with Crippen LogP contribution in [-0.4, -0.2) is 15.0 Å². The first-order chi connectivity index (χ1) is 10.9. The number of aromatic nitrogens is 3. The third-order valence-corrected chi connectivity index (χ3v) is 3.67. The lowest BCUT2D eigenvalue weighted by atomic mass is 10.0. The molecule has 0 unspecified atom stereocenters. The van der Waals surface area contributed by atoms with Crippen molar-refractivity contribution < 1.29 is 0 Å². The number of pyridine rings is 1. The molecule has 0 fully saturated rings. The van der Waals surface area contributed by atoms with Gasteiger partial charge in [0, 0.05) is 35.9 Å². The van der Waals surface area contributed by atoms with Crippen molar-refractivity contribution in [2.45, 2.75) is 0 Å². The summed E-state index contributed by atoms with van der Waals surface area (Å²) in [5.74, 6) is 0. The van der Waals surface area contributed by atoms with Gasteiger partial charge in [0.1, 0.15) is 0 Å². The number of benzene rings is 2. The highest BCUT2D eigenvalue weighted by molar-refractivity contribution is 5.89. The minimum absolute atomic E-state index is 0.875. The van der Waals surface area contributed by atoms with Crippen LogP contribution in [0.25, 0.3) is 33.3 Å².